The third-order valence-corrected chi connectivity index (χ3v) is 8.29. The Morgan fingerprint density at radius 3 is 1.89 bits per heavy atom. The van der Waals surface area contributed by atoms with Crippen LogP contribution in [0.5, 0.6) is 17.2 Å². The van der Waals surface area contributed by atoms with E-state index in [1.54, 1.807) is 62.8 Å². The minimum absolute atomic E-state index is 0.0253. The largest absolute Gasteiger partial charge is 0.497 e. The van der Waals surface area contributed by atoms with Crippen molar-refractivity contribution in [3.05, 3.63) is 88.0 Å². The molecule has 3 aromatic rings. The minimum atomic E-state index is -4.20. The van der Waals surface area contributed by atoms with Crippen molar-refractivity contribution in [3.63, 3.8) is 0 Å². The molecule has 1 aliphatic carbocycles. The van der Waals surface area contributed by atoms with Gasteiger partial charge in [0, 0.05) is 31.8 Å². The molecule has 1 aliphatic rings. The molecule has 1 N–H and O–H groups in total. The number of benzene rings is 3. The van der Waals surface area contributed by atoms with E-state index in [2.05, 4.69) is 0 Å². The number of hydrogen-bond donors (Lipinski definition) is 1. The predicted molar refractivity (Wildman–Crippen MR) is 140 cm³/mol. The van der Waals surface area contributed by atoms with Gasteiger partial charge in [0.2, 0.25) is 10.0 Å². The van der Waals surface area contributed by atoms with Crippen molar-refractivity contribution in [1.82, 2.24) is 4.31 Å². The fourth-order valence-corrected chi connectivity index (χ4v) is 5.55. The lowest BCUT2D eigenvalue weighted by molar-refractivity contribution is -0.385. The average molecular weight is 543 g/mol. The van der Waals surface area contributed by atoms with Crippen LogP contribution in [0.1, 0.15) is 17.5 Å². The number of aliphatic hydroxyl groups is 1. The van der Waals surface area contributed by atoms with Gasteiger partial charge in [-0.3, -0.25) is 10.1 Å². The van der Waals surface area contributed by atoms with Gasteiger partial charge in [-0.15, -0.1) is 0 Å². The Hall–Kier alpha value is -3.67. The minimum Gasteiger partial charge on any atom is -0.497 e. The summed E-state index contributed by atoms with van der Waals surface area (Å²) in [7, 11) is -1.11. The van der Waals surface area contributed by atoms with Gasteiger partial charge in [0.1, 0.15) is 17.2 Å². The molecule has 1 fully saturated rings. The number of ether oxygens (including phenoxy) is 3. The zero-order chi connectivity index (χ0) is 27.3. The first-order valence-corrected chi connectivity index (χ1v) is 13.5. The summed E-state index contributed by atoms with van der Waals surface area (Å²) in [5, 5.41) is 20.9. The maximum atomic E-state index is 13.9. The Kier molecular flexibility index (Phi) is 8.50. The standard InChI is InChI=1S/C27H30N2O8S/c1-35-24-7-3-19(4-8-24)15-28(16-20-5-9-25(36-2)10-6-20)38(33,34)27-13-23(29(31)32)12-26(14-27)37-18-22-11-21(22)17-30/h3-10,12-14,21-22,30H,11,15-18H2,1-2H3/t21-,22-/m1/s1. The van der Waals surface area contributed by atoms with Gasteiger partial charge in [0.25, 0.3) is 5.69 Å². The van der Waals surface area contributed by atoms with Crippen molar-refractivity contribution >= 4 is 15.7 Å². The molecule has 0 heterocycles. The maximum Gasteiger partial charge on any atom is 0.274 e. The lowest BCUT2D eigenvalue weighted by Gasteiger charge is -2.23. The Morgan fingerprint density at radius 2 is 1.45 bits per heavy atom. The number of non-ortho nitro benzene ring substituents is 1. The van der Waals surface area contributed by atoms with Gasteiger partial charge in [0.05, 0.1) is 36.7 Å². The Balaban J connectivity index is 1.67. The molecular weight excluding hydrogens is 512 g/mol. The predicted octanol–water partition coefficient (Wildman–Crippen LogP) is 4.01. The molecule has 1 saturated carbocycles. The molecule has 0 aliphatic heterocycles. The fraction of sp³-hybridized carbons (Fsp3) is 0.333. The van der Waals surface area contributed by atoms with E-state index in [9.17, 15) is 23.6 Å². The molecule has 2 atom stereocenters. The van der Waals surface area contributed by atoms with Gasteiger partial charge in [-0.1, -0.05) is 24.3 Å². The second-order valence-electron chi connectivity index (χ2n) is 9.14. The van der Waals surface area contributed by atoms with Crippen LogP contribution in [0, 0.1) is 22.0 Å². The summed E-state index contributed by atoms with van der Waals surface area (Å²) in [5.41, 5.74) is 1.05. The second-order valence-corrected chi connectivity index (χ2v) is 11.1. The van der Waals surface area contributed by atoms with Crippen molar-refractivity contribution in [2.75, 3.05) is 27.4 Å². The highest BCUT2D eigenvalue weighted by Gasteiger charge is 2.37. The quantitative estimate of drug-likeness (QED) is 0.253. The van der Waals surface area contributed by atoms with E-state index < -0.39 is 14.9 Å². The van der Waals surface area contributed by atoms with E-state index >= 15 is 0 Å². The van der Waals surface area contributed by atoms with Crippen LogP contribution in [0.3, 0.4) is 0 Å². The van der Waals surface area contributed by atoms with E-state index in [-0.39, 0.29) is 54.5 Å². The van der Waals surface area contributed by atoms with Crippen molar-refractivity contribution in [2.45, 2.75) is 24.4 Å². The first kappa shape index (κ1) is 27.4. The van der Waals surface area contributed by atoms with Crippen molar-refractivity contribution in [3.8, 4) is 17.2 Å². The van der Waals surface area contributed by atoms with Crippen molar-refractivity contribution in [2.24, 2.45) is 11.8 Å². The molecule has 11 heteroatoms. The molecule has 0 unspecified atom stereocenters. The lowest BCUT2D eigenvalue weighted by Crippen LogP contribution is -2.30. The number of rotatable bonds is 13. The molecule has 0 radical (unpaired) electrons. The van der Waals surface area contributed by atoms with E-state index in [1.807, 2.05) is 0 Å². The van der Waals surface area contributed by atoms with Gasteiger partial charge in [-0.05, 0) is 53.6 Å². The Labute approximate surface area is 221 Å². The number of nitrogens with zero attached hydrogens (tertiary/aromatic N) is 2. The molecule has 0 saturated heterocycles. The molecule has 38 heavy (non-hydrogen) atoms. The zero-order valence-corrected chi connectivity index (χ0v) is 22.0. The van der Waals surface area contributed by atoms with Crippen LogP contribution < -0.4 is 14.2 Å². The number of sulfonamides is 1. The summed E-state index contributed by atoms with van der Waals surface area (Å²) in [6, 6.07) is 17.6. The first-order valence-electron chi connectivity index (χ1n) is 12.0. The van der Waals surface area contributed by atoms with Crippen molar-refractivity contribution in [1.29, 1.82) is 0 Å². The Morgan fingerprint density at radius 1 is 0.895 bits per heavy atom. The molecule has 3 aromatic carbocycles. The van der Waals surface area contributed by atoms with Crippen LogP contribution in [-0.4, -0.2) is 50.2 Å². The average Bonchev–Trinajstić information content (AvgIpc) is 3.71. The lowest BCUT2D eigenvalue weighted by atomic mass is 10.2. The fourth-order valence-electron chi connectivity index (χ4n) is 4.08. The zero-order valence-electron chi connectivity index (χ0n) is 21.1. The van der Waals surface area contributed by atoms with Crippen LogP contribution in [0.4, 0.5) is 5.69 Å². The second kappa shape index (κ2) is 11.8. The highest BCUT2D eigenvalue weighted by Crippen LogP contribution is 2.38. The van der Waals surface area contributed by atoms with Crippen molar-refractivity contribution < 1.29 is 32.7 Å². The van der Waals surface area contributed by atoms with Crippen LogP contribution >= 0.6 is 0 Å². The number of aliphatic hydroxyl groups excluding tert-OH is 1. The van der Waals surface area contributed by atoms with Gasteiger partial charge in [-0.2, -0.15) is 4.31 Å². The molecule has 10 nitrogen and oxygen atoms in total. The van der Waals surface area contributed by atoms with Crippen LogP contribution in [0.15, 0.2) is 71.6 Å². The maximum absolute atomic E-state index is 13.9. The van der Waals surface area contributed by atoms with Crippen LogP contribution in [0.2, 0.25) is 0 Å². The summed E-state index contributed by atoms with van der Waals surface area (Å²) in [6.45, 7) is 0.344. The third-order valence-electron chi connectivity index (χ3n) is 6.52. The summed E-state index contributed by atoms with van der Waals surface area (Å²) < 4.78 is 45.3. The van der Waals surface area contributed by atoms with Gasteiger partial charge < -0.3 is 19.3 Å². The molecule has 4 rings (SSSR count). The van der Waals surface area contributed by atoms with Gasteiger partial charge >= 0.3 is 0 Å². The van der Waals surface area contributed by atoms with Gasteiger partial charge in [-0.25, -0.2) is 8.42 Å². The first-order chi connectivity index (χ1) is 18.2. The molecule has 0 aromatic heterocycles. The SMILES string of the molecule is COc1ccc(CN(Cc2ccc(OC)cc2)S(=O)(=O)c2cc(OC[C@H]3C[C@@H]3CO)cc([N+](=O)[O-])c2)cc1. The summed E-state index contributed by atoms with van der Waals surface area (Å²) >= 11 is 0. The van der Waals surface area contributed by atoms with E-state index in [0.29, 0.717) is 22.6 Å². The monoisotopic (exact) mass is 542 g/mol. The van der Waals surface area contributed by atoms with Crippen LogP contribution in [-0.2, 0) is 23.1 Å². The number of nitro groups is 1. The summed E-state index contributed by atoms with van der Waals surface area (Å²) in [5.74, 6) is 1.65. The smallest absolute Gasteiger partial charge is 0.274 e. The highest BCUT2D eigenvalue weighted by atomic mass is 32.2. The number of methoxy groups -OCH3 is 2. The third kappa shape index (κ3) is 6.60. The molecular formula is C27H30N2O8S. The van der Waals surface area contributed by atoms with E-state index in [0.717, 1.165) is 12.5 Å². The highest BCUT2D eigenvalue weighted by molar-refractivity contribution is 7.89. The van der Waals surface area contributed by atoms with E-state index in [4.69, 9.17) is 14.2 Å². The van der Waals surface area contributed by atoms with Gasteiger partial charge in [0.15, 0.2) is 0 Å². The van der Waals surface area contributed by atoms with Crippen LogP contribution in [0.25, 0.3) is 0 Å². The molecule has 0 bridgehead atoms. The topological polar surface area (TPSA) is 128 Å². The molecule has 0 amide bonds. The normalized spacial score (nSPS) is 16.7. The summed E-state index contributed by atoms with van der Waals surface area (Å²) in [6.07, 6.45) is 0.800. The number of hydrogen-bond acceptors (Lipinski definition) is 8. The number of nitro benzene ring substituents is 1. The Bertz CT molecular complexity index is 1310. The van der Waals surface area contributed by atoms with E-state index in [1.165, 1.54) is 16.4 Å². The summed E-state index contributed by atoms with van der Waals surface area (Å²) in [4.78, 5) is 10.8. The molecule has 202 valence electrons. The molecule has 0 spiro atoms.